The van der Waals surface area contributed by atoms with Crippen molar-refractivity contribution in [3.05, 3.63) is 12.2 Å². The zero-order chi connectivity index (χ0) is 11.6. The van der Waals surface area contributed by atoms with Crippen LogP contribution in [-0.4, -0.2) is 6.69 Å². The van der Waals surface area contributed by atoms with E-state index < -0.39 is 6.69 Å². The minimum absolute atomic E-state index is 0.856. The molecule has 0 N–H and O–H groups in total. The lowest BCUT2D eigenvalue weighted by Crippen LogP contribution is -2.21. The smallest absolute Gasteiger partial charge is 0.146 e. The van der Waals surface area contributed by atoms with Gasteiger partial charge in [0.1, 0.15) is 0 Å². The Balaban J connectivity index is 1.73. The molecule has 0 aliphatic heterocycles. The van der Waals surface area contributed by atoms with Gasteiger partial charge in [0, 0.05) is 0 Å². The SMILES string of the molecule is CCCC[Si](Cl)(Cl)CCC1CC2C=CC1C2. The third-order valence-electron chi connectivity index (χ3n) is 4.19. The predicted octanol–water partition coefficient (Wildman–Crippen LogP) is 5.31. The van der Waals surface area contributed by atoms with Gasteiger partial charge in [0.2, 0.25) is 0 Å². The van der Waals surface area contributed by atoms with Gasteiger partial charge in [-0.2, -0.15) is 0 Å². The molecule has 0 aromatic carbocycles. The van der Waals surface area contributed by atoms with E-state index in [0.29, 0.717) is 0 Å². The normalized spacial score (nSPS) is 32.6. The zero-order valence-electron chi connectivity index (χ0n) is 10.1. The van der Waals surface area contributed by atoms with Gasteiger partial charge in [0.05, 0.1) is 0 Å². The summed E-state index contributed by atoms with van der Waals surface area (Å²) in [5.41, 5.74) is 0. The second kappa shape index (κ2) is 5.45. The monoisotopic (exact) mass is 276 g/mol. The number of unbranched alkanes of at least 4 members (excludes halogenated alkanes) is 1. The molecule has 0 saturated heterocycles. The predicted molar refractivity (Wildman–Crippen MR) is 75.4 cm³/mol. The number of halogens is 2. The fraction of sp³-hybridized carbons (Fsp3) is 0.846. The van der Waals surface area contributed by atoms with Crippen molar-refractivity contribution in [2.75, 3.05) is 0 Å². The van der Waals surface area contributed by atoms with Crippen molar-refractivity contribution < 1.29 is 0 Å². The van der Waals surface area contributed by atoms with E-state index in [0.717, 1.165) is 29.8 Å². The molecule has 0 nitrogen and oxygen atoms in total. The highest BCUT2D eigenvalue weighted by atomic mass is 35.7. The van der Waals surface area contributed by atoms with Crippen LogP contribution < -0.4 is 0 Å². The maximum atomic E-state index is 6.48. The van der Waals surface area contributed by atoms with Crippen LogP contribution in [0.15, 0.2) is 12.2 Å². The fourth-order valence-corrected chi connectivity index (χ4v) is 6.55. The molecule has 2 rings (SSSR count). The quantitative estimate of drug-likeness (QED) is 0.351. The van der Waals surface area contributed by atoms with Crippen molar-refractivity contribution in [3.63, 3.8) is 0 Å². The van der Waals surface area contributed by atoms with E-state index in [1.807, 2.05) is 0 Å². The molecule has 2 bridgehead atoms. The molecule has 1 saturated carbocycles. The Morgan fingerprint density at radius 1 is 1.19 bits per heavy atom. The summed E-state index contributed by atoms with van der Waals surface area (Å²) >= 11 is 13.0. The zero-order valence-corrected chi connectivity index (χ0v) is 12.6. The van der Waals surface area contributed by atoms with Gasteiger partial charge in [0.25, 0.3) is 6.69 Å². The van der Waals surface area contributed by atoms with Crippen LogP contribution in [0.25, 0.3) is 0 Å². The lowest BCUT2D eigenvalue weighted by atomic mass is 9.91. The third-order valence-corrected chi connectivity index (χ3v) is 8.57. The number of fused-ring (bicyclic) bond motifs is 2. The first-order chi connectivity index (χ1) is 7.61. The van der Waals surface area contributed by atoms with E-state index in [1.165, 1.54) is 32.1 Å². The summed E-state index contributed by atoms with van der Waals surface area (Å²) in [7, 11) is 0. The highest BCUT2D eigenvalue weighted by Crippen LogP contribution is 2.46. The van der Waals surface area contributed by atoms with Crippen LogP contribution in [0.4, 0.5) is 0 Å². The minimum atomic E-state index is -1.90. The van der Waals surface area contributed by atoms with Crippen molar-refractivity contribution in [2.45, 2.75) is 51.1 Å². The maximum absolute atomic E-state index is 6.48. The minimum Gasteiger partial charge on any atom is -0.146 e. The van der Waals surface area contributed by atoms with Crippen LogP contribution in [0.2, 0.25) is 12.1 Å². The Hall–Kier alpha value is 0.537. The van der Waals surface area contributed by atoms with E-state index in [-0.39, 0.29) is 0 Å². The molecule has 0 heterocycles. The highest BCUT2D eigenvalue weighted by molar-refractivity contribution is 7.45. The topological polar surface area (TPSA) is 0 Å². The largest absolute Gasteiger partial charge is 0.251 e. The molecule has 92 valence electrons. The summed E-state index contributed by atoms with van der Waals surface area (Å²) in [5.74, 6) is 2.63. The van der Waals surface area contributed by atoms with Crippen molar-refractivity contribution in [2.24, 2.45) is 17.8 Å². The summed E-state index contributed by atoms with van der Waals surface area (Å²) in [4.78, 5) is 0. The van der Waals surface area contributed by atoms with Gasteiger partial charge < -0.3 is 0 Å². The molecule has 3 atom stereocenters. The van der Waals surface area contributed by atoms with Gasteiger partial charge in [-0.05, 0) is 42.7 Å². The molecule has 1 fully saturated rings. The van der Waals surface area contributed by atoms with Crippen LogP contribution in [0, 0.1) is 17.8 Å². The lowest BCUT2D eigenvalue weighted by molar-refractivity contribution is 0.433. The lowest BCUT2D eigenvalue weighted by Gasteiger charge is -2.22. The first-order valence-corrected chi connectivity index (χ1v) is 11.1. The van der Waals surface area contributed by atoms with Crippen LogP contribution in [0.5, 0.6) is 0 Å². The number of rotatable bonds is 6. The molecule has 0 spiro atoms. The van der Waals surface area contributed by atoms with Gasteiger partial charge in [-0.15, -0.1) is 22.2 Å². The number of allylic oxidation sites excluding steroid dienone is 2. The summed E-state index contributed by atoms with van der Waals surface area (Å²) in [6.45, 7) is 0.308. The van der Waals surface area contributed by atoms with E-state index in [2.05, 4.69) is 19.1 Å². The summed E-state index contributed by atoms with van der Waals surface area (Å²) in [6, 6.07) is 2.20. The molecular formula is C13H22Cl2Si. The van der Waals surface area contributed by atoms with E-state index in [4.69, 9.17) is 22.2 Å². The van der Waals surface area contributed by atoms with Crippen molar-refractivity contribution >= 4 is 28.9 Å². The van der Waals surface area contributed by atoms with Gasteiger partial charge in [0.15, 0.2) is 0 Å². The molecular weight excluding hydrogens is 255 g/mol. The fourth-order valence-electron chi connectivity index (χ4n) is 3.18. The molecule has 3 unspecified atom stereocenters. The molecule has 16 heavy (non-hydrogen) atoms. The Morgan fingerprint density at radius 3 is 2.56 bits per heavy atom. The first-order valence-electron chi connectivity index (χ1n) is 6.67. The Labute approximate surface area is 110 Å². The molecule has 0 aromatic rings. The molecule has 0 radical (unpaired) electrons. The van der Waals surface area contributed by atoms with Crippen molar-refractivity contribution in [3.8, 4) is 0 Å². The Kier molecular flexibility index (Phi) is 4.42. The van der Waals surface area contributed by atoms with Gasteiger partial charge in [-0.25, -0.2) is 0 Å². The van der Waals surface area contributed by atoms with E-state index in [1.54, 1.807) is 0 Å². The van der Waals surface area contributed by atoms with Crippen molar-refractivity contribution in [1.29, 1.82) is 0 Å². The van der Waals surface area contributed by atoms with Crippen molar-refractivity contribution in [1.82, 2.24) is 0 Å². The van der Waals surface area contributed by atoms with Gasteiger partial charge >= 0.3 is 0 Å². The van der Waals surface area contributed by atoms with E-state index >= 15 is 0 Å². The van der Waals surface area contributed by atoms with Crippen LogP contribution in [-0.2, 0) is 0 Å². The van der Waals surface area contributed by atoms with Gasteiger partial charge in [-0.3, -0.25) is 0 Å². The summed E-state index contributed by atoms with van der Waals surface area (Å²) < 4.78 is 0. The molecule has 2 aliphatic carbocycles. The molecule has 0 aromatic heterocycles. The van der Waals surface area contributed by atoms with E-state index in [9.17, 15) is 0 Å². The van der Waals surface area contributed by atoms with Crippen LogP contribution in [0.3, 0.4) is 0 Å². The third kappa shape index (κ3) is 3.27. The Bertz CT molecular complexity index is 263. The average molecular weight is 277 g/mol. The second-order valence-corrected chi connectivity index (χ2v) is 13.2. The van der Waals surface area contributed by atoms with Gasteiger partial charge in [-0.1, -0.05) is 38.3 Å². The maximum Gasteiger partial charge on any atom is 0.251 e. The Morgan fingerprint density at radius 2 is 2.00 bits per heavy atom. The first kappa shape index (κ1) is 13.0. The molecule has 2 aliphatic rings. The molecule has 3 heteroatoms. The van der Waals surface area contributed by atoms with Crippen LogP contribution >= 0.6 is 22.2 Å². The summed E-state index contributed by atoms with van der Waals surface area (Å²) in [5, 5.41) is 0. The second-order valence-electron chi connectivity index (χ2n) is 5.54. The summed E-state index contributed by atoms with van der Waals surface area (Å²) in [6.07, 6.45) is 11.3. The standard InChI is InChI=1S/C13H22Cl2Si/c1-2-3-7-16(14,15)8-6-13-10-11-4-5-12(13)9-11/h4-5,11-13H,2-3,6-10H2,1H3. The number of hydrogen-bond donors (Lipinski definition) is 0. The highest BCUT2D eigenvalue weighted by Gasteiger charge is 2.37. The number of hydrogen-bond acceptors (Lipinski definition) is 0. The van der Waals surface area contributed by atoms with Crippen LogP contribution in [0.1, 0.15) is 39.0 Å². The molecule has 0 amide bonds. The average Bonchev–Trinajstić information content (AvgIpc) is 2.85.